The predicted molar refractivity (Wildman–Crippen MR) is 108 cm³/mol. The highest BCUT2D eigenvalue weighted by atomic mass is 35.5. The minimum atomic E-state index is -1.02. The number of hydrogen-bond acceptors (Lipinski definition) is 2. The lowest BCUT2D eigenvalue weighted by Gasteiger charge is -2.30. The summed E-state index contributed by atoms with van der Waals surface area (Å²) in [6.45, 7) is 3.62. The Kier molecular flexibility index (Phi) is 5.30. The minimum absolute atomic E-state index is 0.155. The Bertz CT molecular complexity index is 830. The van der Waals surface area contributed by atoms with Crippen LogP contribution in [0.5, 0.6) is 0 Å². The highest BCUT2D eigenvalue weighted by Gasteiger charge is 2.31. The van der Waals surface area contributed by atoms with E-state index in [4.69, 9.17) is 11.6 Å². The van der Waals surface area contributed by atoms with Gasteiger partial charge in [0.05, 0.1) is 10.5 Å². The smallest absolute Gasteiger partial charge is 0.165 e. The molecule has 0 spiro atoms. The number of ketones is 1. The SMILES string of the molecule is CC1(F)CCC(CCC(=O)c2cn(C[C@@H]3CCN3)c3cccc(Cl)c23)CC1. The van der Waals surface area contributed by atoms with Crippen LogP contribution in [0, 0.1) is 5.92 Å². The molecule has 146 valence electrons. The number of nitrogens with zero attached hydrogens (tertiary/aromatic N) is 1. The van der Waals surface area contributed by atoms with Crippen LogP contribution in [-0.4, -0.2) is 28.6 Å². The highest BCUT2D eigenvalue weighted by Crippen LogP contribution is 2.37. The van der Waals surface area contributed by atoms with Crippen LogP contribution >= 0.6 is 11.6 Å². The van der Waals surface area contributed by atoms with E-state index in [1.165, 1.54) is 6.42 Å². The van der Waals surface area contributed by atoms with Crippen LogP contribution in [0.1, 0.15) is 62.2 Å². The number of hydrogen-bond donors (Lipinski definition) is 1. The molecule has 1 aromatic carbocycles. The van der Waals surface area contributed by atoms with Crippen LogP contribution in [0.2, 0.25) is 5.02 Å². The largest absolute Gasteiger partial charge is 0.345 e. The van der Waals surface area contributed by atoms with E-state index in [1.54, 1.807) is 6.92 Å². The molecule has 1 saturated carbocycles. The standard InChI is InChI=1S/C22H28ClFN2O/c1-22(24)10-7-15(8-11-22)5-6-20(27)17-14-26(13-16-9-12-25-16)19-4-2-3-18(23)21(17)19/h2-4,14-16,25H,5-13H2,1H3/t15?,16-,22?/m0/s1. The van der Waals surface area contributed by atoms with Crippen molar-refractivity contribution in [1.29, 1.82) is 0 Å². The van der Waals surface area contributed by atoms with Gasteiger partial charge in [-0.05, 0) is 70.0 Å². The van der Waals surface area contributed by atoms with Gasteiger partial charge >= 0.3 is 0 Å². The number of fused-ring (bicyclic) bond motifs is 1. The van der Waals surface area contributed by atoms with Gasteiger partial charge in [0.2, 0.25) is 0 Å². The molecule has 3 nitrogen and oxygen atoms in total. The maximum atomic E-state index is 14.0. The van der Waals surface area contributed by atoms with E-state index >= 15 is 0 Å². The number of halogens is 2. The van der Waals surface area contributed by atoms with Gasteiger partial charge in [-0.25, -0.2) is 4.39 Å². The van der Waals surface area contributed by atoms with Crippen molar-refractivity contribution >= 4 is 28.3 Å². The second kappa shape index (κ2) is 7.56. The molecule has 1 saturated heterocycles. The number of rotatable bonds is 6. The second-order valence-corrected chi connectivity index (χ2v) is 8.99. The molecule has 2 aliphatic rings. The molecule has 5 heteroatoms. The Morgan fingerprint density at radius 3 is 2.74 bits per heavy atom. The van der Waals surface area contributed by atoms with Crippen LogP contribution in [0.4, 0.5) is 4.39 Å². The molecular formula is C22H28ClFN2O. The normalized spacial score (nSPS) is 28.3. The van der Waals surface area contributed by atoms with Crippen molar-refractivity contribution in [2.75, 3.05) is 6.54 Å². The van der Waals surface area contributed by atoms with Crippen molar-refractivity contribution in [3.63, 3.8) is 0 Å². The summed E-state index contributed by atoms with van der Waals surface area (Å²) in [5, 5.41) is 4.94. The lowest BCUT2D eigenvalue weighted by atomic mass is 9.79. The van der Waals surface area contributed by atoms with E-state index in [1.807, 2.05) is 24.4 Å². The lowest BCUT2D eigenvalue weighted by Crippen LogP contribution is -2.45. The van der Waals surface area contributed by atoms with Crippen LogP contribution in [-0.2, 0) is 6.54 Å². The summed E-state index contributed by atoms with van der Waals surface area (Å²) < 4.78 is 16.1. The molecule has 2 aromatic rings. The van der Waals surface area contributed by atoms with Crippen molar-refractivity contribution in [3.05, 3.63) is 35.0 Å². The van der Waals surface area contributed by atoms with Gasteiger partial charge in [0.15, 0.2) is 5.78 Å². The van der Waals surface area contributed by atoms with E-state index in [9.17, 15) is 9.18 Å². The molecule has 1 aliphatic carbocycles. The Balaban J connectivity index is 1.49. The second-order valence-electron chi connectivity index (χ2n) is 8.59. The Hall–Kier alpha value is -1.39. The first kappa shape index (κ1) is 18.9. The number of alkyl halides is 1. The maximum absolute atomic E-state index is 14.0. The minimum Gasteiger partial charge on any atom is -0.345 e. The summed E-state index contributed by atoms with van der Waals surface area (Å²) in [5.74, 6) is 0.614. The average Bonchev–Trinajstić information content (AvgIpc) is 2.97. The van der Waals surface area contributed by atoms with Crippen molar-refractivity contribution in [1.82, 2.24) is 9.88 Å². The van der Waals surface area contributed by atoms with Crippen molar-refractivity contribution in [2.45, 2.75) is 70.1 Å². The molecule has 0 unspecified atom stereocenters. The first-order chi connectivity index (χ1) is 12.9. The summed E-state index contributed by atoms with van der Waals surface area (Å²) in [7, 11) is 0. The van der Waals surface area contributed by atoms with Crippen LogP contribution in [0.25, 0.3) is 10.9 Å². The summed E-state index contributed by atoms with van der Waals surface area (Å²) >= 11 is 6.46. The van der Waals surface area contributed by atoms with Crippen LogP contribution in [0.3, 0.4) is 0 Å². The molecule has 2 heterocycles. The molecule has 4 rings (SSSR count). The predicted octanol–water partition coefficient (Wildman–Crippen LogP) is 5.54. The first-order valence-corrected chi connectivity index (χ1v) is 10.5. The third-order valence-corrected chi connectivity index (χ3v) is 6.74. The number of aromatic nitrogens is 1. The third-order valence-electron chi connectivity index (χ3n) is 6.43. The maximum Gasteiger partial charge on any atom is 0.165 e. The summed E-state index contributed by atoms with van der Waals surface area (Å²) in [6.07, 6.45) is 7.51. The number of carbonyl (C=O) groups is 1. The fourth-order valence-electron chi connectivity index (χ4n) is 4.45. The van der Waals surface area contributed by atoms with Gasteiger partial charge in [0, 0.05) is 36.2 Å². The highest BCUT2D eigenvalue weighted by molar-refractivity contribution is 6.37. The molecule has 0 amide bonds. The van der Waals surface area contributed by atoms with E-state index in [2.05, 4.69) is 9.88 Å². The summed E-state index contributed by atoms with van der Waals surface area (Å²) in [6, 6.07) is 6.31. The summed E-state index contributed by atoms with van der Waals surface area (Å²) in [4.78, 5) is 13.0. The van der Waals surface area contributed by atoms with Gasteiger partial charge in [-0.1, -0.05) is 17.7 Å². The monoisotopic (exact) mass is 390 g/mol. The van der Waals surface area contributed by atoms with Crippen molar-refractivity contribution in [3.8, 4) is 0 Å². The van der Waals surface area contributed by atoms with Gasteiger partial charge in [0.25, 0.3) is 0 Å². The van der Waals surface area contributed by atoms with E-state index in [-0.39, 0.29) is 5.78 Å². The van der Waals surface area contributed by atoms with Crippen molar-refractivity contribution < 1.29 is 9.18 Å². The zero-order valence-electron chi connectivity index (χ0n) is 15.9. The van der Waals surface area contributed by atoms with E-state index in [0.717, 1.165) is 48.8 Å². The molecule has 1 aliphatic heterocycles. The molecule has 1 atom stereocenters. The molecule has 1 aromatic heterocycles. The lowest BCUT2D eigenvalue weighted by molar-refractivity contribution is 0.0906. The van der Waals surface area contributed by atoms with Gasteiger partial charge in [-0.2, -0.15) is 0 Å². The van der Waals surface area contributed by atoms with Gasteiger partial charge in [-0.15, -0.1) is 0 Å². The third kappa shape index (κ3) is 4.07. The molecule has 1 N–H and O–H groups in total. The fraction of sp³-hybridized carbons (Fsp3) is 0.591. The molecule has 27 heavy (non-hydrogen) atoms. The van der Waals surface area contributed by atoms with E-state index < -0.39 is 5.67 Å². The van der Waals surface area contributed by atoms with Crippen LogP contribution in [0.15, 0.2) is 24.4 Å². The first-order valence-electron chi connectivity index (χ1n) is 10.2. The van der Waals surface area contributed by atoms with Gasteiger partial charge in [-0.3, -0.25) is 4.79 Å². The van der Waals surface area contributed by atoms with Gasteiger partial charge in [0.1, 0.15) is 5.67 Å². The fourth-order valence-corrected chi connectivity index (χ4v) is 4.72. The quantitative estimate of drug-likeness (QED) is 0.657. The number of nitrogens with one attached hydrogen (secondary N) is 1. The van der Waals surface area contributed by atoms with Gasteiger partial charge < -0.3 is 9.88 Å². The number of benzene rings is 1. The Morgan fingerprint density at radius 2 is 2.07 bits per heavy atom. The van der Waals surface area contributed by atoms with E-state index in [0.29, 0.717) is 36.2 Å². The summed E-state index contributed by atoms with van der Waals surface area (Å²) in [5.41, 5.74) is 0.753. The number of Topliss-reactive ketones (excluding diaryl/α,β-unsaturated/α-hetero) is 1. The Morgan fingerprint density at radius 1 is 1.33 bits per heavy atom. The molecule has 0 bridgehead atoms. The topological polar surface area (TPSA) is 34.0 Å². The molecule has 2 fully saturated rings. The van der Waals surface area contributed by atoms with Crippen molar-refractivity contribution in [2.24, 2.45) is 5.92 Å². The van der Waals surface area contributed by atoms with Crippen LogP contribution < -0.4 is 5.32 Å². The molecular weight excluding hydrogens is 363 g/mol. The number of carbonyl (C=O) groups excluding carboxylic acids is 1. The zero-order valence-corrected chi connectivity index (χ0v) is 16.7. The molecule has 0 radical (unpaired) electrons. The Labute approximate surface area is 165 Å². The average molecular weight is 391 g/mol. The zero-order chi connectivity index (χ0) is 19.0.